The number of nitrogens with zero attached hydrogens (tertiary/aromatic N) is 4. The molecule has 1 saturated carbocycles. The monoisotopic (exact) mass is 348 g/mol. The summed E-state index contributed by atoms with van der Waals surface area (Å²) >= 11 is 0. The predicted molar refractivity (Wildman–Crippen MR) is 80.9 cm³/mol. The Bertz CT molecular complexity index is 839. The average Bonchev–Trinajstić information content (AvgIpc) is 3.12. The number of alkyl halides is 3. The second kappa shape index (κ2) is 4.83. The highest BCUT2D eigenvalue weighted by molar-refractivity contribution is 5.91. The summed E-state index contributed by atoms with van der Waals surface area (Å²) in [5.74, 6) is -4.63. The summed E-state index contributed by atoms with van der Waals surface area (Å²) in [4.78, 5) is 17.9. The van der Waals surface area contributed by atoms with Crippen molar-refractivity contribution in [3.8, 4) is 0 Å². The van der Waals surface area contributed by atoms with Gasteiger partial charge in [0, 0.05) is 19.5 Å². The van der Waals surface area contributed by atoms with E-state index in [1.165, 1.54) is 9.58 Å². The van der Waals surface area contributed by atoms with Gasteiger partial charge in [0.15, 0.2) is 12.0 Å². The largest absolute Gasteiger partial charge is 0.335 e. The molecular formula is C17H15F3N4O. The Morgan fingerprint density at radius 1 is 1.16 bits per heavy atom. The summed E-state index contributed by atoms with van der Waals surface area (Å²) in [5.41, 5.74) is 0.898. The van der Waals surface area contributed by atoms with Crippen LogP contribution >= 0.6 is 0 Å². The Balaban J connectivity index is 1.41. The lowest BCUT2D eigenvalue weighted by Crippen LogP contribution is -2.34. The van der Waals surface area contributed by atoms with E-state index in [0.29, 0.717) is 0 Å². The quantitative estimate of drug-likeness (QED) is 0.838. The van der Waals surface area contributed by atoms with E-state index >= 15 is 0 Å². The Hall–Kier alpha value is -2.38. The standard InChI is InChI=1S/C17H15F3N4O/c18-12-6-13(9-4-2-1-3-5-9)24-15(12)21-14(22-24)16(25)23-7-10-11(8-23)17(10,19)20/h1-5,10-13H,6-8H2. The number of carbonyl (C=O) groups is 1. The van der Waals surface area contributed by atoms with E-state index in [9.17, 15) is 18.0 Å². The van der Waals surface area contributed by atoms with Gasteiger partial charge in [0.25, 0.3) is 11.8 Å². The summed E-state index contributed by atoms with van der Waals surface area (Å²) in [7, 11) is 0. The molecule has 4 atom stereocenters. The van der Waals surface area contributed by atoms with Crippen molar-refractivity contribution in [3.05, 3.63) is 47.5 Å². The number of fused-ring (bicyclic) bond motifs is 2. The van der Waals surface area contributed by atoms with Gasteiger partial charge in [0.2, 0.25) is 5.82 Å². The molecule has 3 heterocycles. The van der Waals surface area contributed by atoms with Crippen molar-refractivity contribution in [1.82, 2.24) is 19.7 Å². The Morgan fingerprint density at radius 3 is 2.52 bits per heavy atom. The molecule has 5 nitrogen and oxygen atoms in total. The van der Waals surface area contributed by atoms with Gasteiger partial charge in [0.1, 0.15) is 0 Å². The van der Waals surface area contributed by atoms with Crippen molar-refractivity contribution < 1.29 is 18.0 Å². The molecule has 1 saturated heterocycles. The van der Waals surface area contributed by atoms with E-state index in [0.717, 1.165) is 5.56 Å². The zero-order valence-corrected chi connectivity index (χ0v) is 13.1. The van der Waals surface area contributed by atoms with Gasteiger partial charge >= 0.3 is 0 Å². The van der Waals surface area contributed by atoms with Crippen LogP contribution < -0.4 is 0 Å². The first kappa shape index (κ1) is 14.9. The molecule has 2 aliphatic heterocycles. The van der Waals surface area contributed by atoms with Gasteiger partial charge in [-0.2, -0.15) is 0 Å². The minimum atomic E-state index is -2.65. The molecule has 8 heteroatoms. The summed E-state index contributed by atoms with van der Waals surface area (Å²) in [6.45, 7) is 0.0308. The van der Waals surface area contributed by atoms with Crippen LogP contribution in [0.1, 0.15) is 40.6 Å². The number of likely N-dealkylation sites (tertiary alicyclic amines) is 1. The Labute approximate surface area is 141 Å². The highest BCUT2D eigenvalue weighted by Crippen LogP contribution is 2.59. The zero-order valence-electron chi connectivity index (χ0n) is 13.1. The molecule has 2 fully saturated rings. The molecular weight excluding hydrogens is 333 g/mol. The third-order valence-electron chi connectivity index (χ3n) is 5.53. The Kier molecular flexibility index (Phi) is 2.88. The lowest BCUT2D eigenvalue weighted by Gasteiger charge is -2.18. The predicted octanol–water partition coefficient (Wildman–Crippen LogP) is 2.62. The molecule has 4 unspecified atom stereocenters. The second-order valence-corrected chi connectivity index (χ2v) is 6.97. The van der Waals surface area contributed by atoms with Gasteiger partial charge in [-0.3, -0.25) is 4.79 Å². The molecule has 2 aromatic rings. The van der Waals surface area contributed by atoms with E-state index < -0.39 is 29.8 Å². The van der Waals surface area contributed by atoms with Crippen LogP contribution in [-0.4, -0.2) is 44.6 Å². The highest BCUT2D eigenvalue weighted by atomic mass is 19.3. The first-order valence-corrected chi connectivity index (χ1v) is 8.29. The van der Waals surface area contributed by atoms with Crippen molar-refractivity contribution in [2.75, 3.05) is 13.1 Å². The first-order valence-electron chi connectivity index (χ1n) is 8.29. The van der Waals surface area contributed by atoms with Crippen LogP contribution in [0.5, 0.6) is 0 Å². The SMILES string of the molecule is O=C(c1nc2n(n1)C(c1ccccc1)CC2F)N1CC2C(C1)C2(F)F. The topological polar surface area (TPSA) is 51.0 Å². The van der Waals surface area contributed by atoms with Crippen LogP contribution in [-0.2, 0) is 0 Å². The third kappa shape index (κ3) is 2.06. The number of carbonyl (C=O) groups excluding carboxylic acids is 1. The number of piperidine rings is 1. The van der Waals surface area contributed by atoms with E-state index in [2.05, 4.69) is 10.1 Å². The normalized spacial score (nSPS) is 31.7. The number of aromatic nitrogens is 3. The molecule has 130 valence electrons. The molecule has 1 amide bonds. The number of hydrogen-bond donors (Lipinski definition) is 0. The van der Waals surface area contributed by atoms with Crippen LogP contribution in [0.2, 0.25) is 0 Å². The average molecular weight is 348 g/mol. The van der Waals surface area contributed by atoms with Crippen molar-refractivity contribution in [2.24, 2.45) is 11.8 Å². The summed E-state index contributed by atoms with van der Waals surface area (Å²) in [5, 5.41) is 4.21. The van der Waals surface area contributed by atoms with Crippen molar-refractivity contribution in [2.45, 2.75) is 24.6 Å². The van der Waals surface area contributed by atoms with Crippen molar-refractivity contribution in [1.29, 1.82) is 0 Å². The Morgan fingerprint density at radius 2 is 1.84 bits per heavy atom. The van der Waals surface area contributed by atoms with Gasteiger partial charge in [-0.15, -0.1) is 5.10 Å². The van der Waals surface area contributed by atoms with E-state index in [1.54, 1.807) is 0 Å². The summed E-state index contributed by atoms with van der Waals surface area (Å²) in [6, 6.07) is 9.05. The lowest BCUT2D eigenvalue weighted by molar-refractivity contribution is 0.0452. The van der Waals surface area contributed by atoms with E-state index in [4.69, 9.17) is 0 Å². The van der Waals surface area contributed by atoms with Crippen LogP contribution in [0.3, 0.4) is 0 Å². The van der Waals surface area contributed by atoms with Gasteiger partial charge < -0.3 is 4.90 Å². The number of rotatable bonds is 2. The minimum Gasteiger partial charge on any atom is -0.335 e. The van der Waals surface area contributed by atoms with Crippen LogP contribution in [0.15, 0.2) is 30.3 Å². The van der Waals surface area contributed by atoms with Crippen molar-refractivity contribution >= 4 is 5.91 Å². The van der Waals surface area contributed by atoms with Gasteiger partial charge in [0.05, 0.1) is 17.9 Å². The summed E-state index contributed by atoms with van der Waals surface area (Å²) in [6.07, 6.45) is -1.07. The molecule has 25 heavy (non-hydrogen) atoms. The molecule has 0 radical (unpaired) electrons. The smallest absolute Gasteiger partial charge is 0.293 e. The second-order valence-electron chi connectivity index (χ2n) is 6.97. The fourth-order valence-electron chi connectivity index (χ4n) is 4.04. The molecule has 1 aromatic heterocycles. The molecule has 0 bridgehead atoms. The molecule has 3 aliphatic rings. The summed E-state index contributed by atoms with van der Waals surface area (Å²) < 4.78 is 42.3. The fraction of sp³-hybridized carbons (Fsp3) is 0.471. The van der Waals surface area contributed by atoms with Gasteiger partial charge in [-0.05, 0) is 5.56 Å². The molecule has 5 rings (SSSR count). The van der Waals surface area contributed by atoms with Crippen LogP contribution in [0.25, 0.3) is 0 Å². The number of hydrogen-bond acceptors (Lipinski definition) is 3. The highest BCUT2D eigenvalue weighted by Gasteiger charge is 2.72. The number of halogens is 3. The number of amides is 1. The molecule has 1 aliphatic carbocycles. The van der Waals surface area contributed by atoms with Crippen LogP contribution in [0.4, 0.5) is 13.2 Å². The minimum absolute atomic E-state index is 0.0154. The van der Waals surface area contributed by atoms with Crippen molar-refractivity contribution in [3.63, 3.8) is 0 Å². The fourth-order valence-corrected chi connectivity index (χ4v) is 4.04. The first-order chi connectivity index (χ1) is 12.0. The van der Waals surface area contributed by atoms with E-state index in [1.807, 2.05) is 30.3 Å². The van der Waals surface area contributed by atoms with Gasteiger partial charge in [-0.25, -0.2) is 22.8 Å². The van der Waals surface area contributed by atoms with E-state index in [-0.39, 0.29) is 37.2 Å². The maximum atomic E-state index is 14.3. The third-order valence-corrected chi connectivity index (χ3v) is 5.53. The van der Waals surface area contributed by atoms with Gasteiger partial charge in [-0.1, -0.05) is 30.3 Å². The molecule has 0 N–H and O–H groups in total. The molecule has 1 aromatic carbocycles. The van der Waals surface area contributed by atoms with Crippen LogP contribution in [0, 0.1) is 11.8 Å². The molecule has 0 spiro atoms. The maximum Gasteiger partial charge on any atom is 0.293 e. The zero-order chi connectivity index (χ0) is 17.3. The number of benzene rings is 1. The lowest BCUT2D eigenvalue weighted by atomic mass is 10.0. The maximum absolute atomic E-state index is 14.3.